The maximum Gasteiger partial charge on any atom is 0.180 e. The van der Waals surface area contributed by atoms with E-state index in [1.165, 1.54) is 0 Å². The first-order valence-corrected chi connectivity index (χ1v) is 5.07. The van der Waals surface area contributed by atoms with Crippen molar-refractivity contribution in [3.05, 3.63) is 0 Å². The number of ketones is 1. The largest absolute Gasteiger partial charge is 0.368 e. The predicted molar refractivity (Wildman–Crippen MR) is 53.2 cm³/mol. The van der Waals surface area contributed by atoms with Crippen molar-refractivity contribution in [2.45, 2.75) is 33.5 Å². The molecule has 0 spiro atoms. The van der Waals surface area contributed by atoms with Gasteiger partial charge in [0.25, 0.3) is 0 Å². The third-order valence-corrected chi connectivity index (χ3v) is 1.62. The topological polar surface area (TPSA) is 44.8 Å². The molecule has 0 amide bonds. The van der Waals surface area contributed by atoms with Gasteiger partial charge in [-0.3, -0.25) is 4.79 Å². The number of rotatable bonds is 9. The molecule has 0 aliphatic heterocycles. The first-order chi connectivity index (χ1) is 6.74. The van der Waals surface area contributed by atoms with E-state index in [2.05, 4.69) is 0 Å². The number of carbonyl (C=O) groups is 1. The number of Topliss-reactive ketones (excluding diaryl/α,β-unsaturated/α-hetero) is 1. The zero-order valence-electron chi connectivity index (χ0n) is 9.25. The van der Waals surface area contributed by atoms with Gasteiger partial charge in [0, 0.05) is 19.6 Å². The molecular formula is C10H20O4. The molecule has 0 unspecified atom stereocenters. The Bertz CT molecular complexity index is 141. The van der Waals surface area contributed by atoms with Gasteiger partial charge in [-0.15, -0.1) is 0 Å². The molecule has 4 nitrogen and oxygen atoms in total. The summed E-state index contributed by atoms with van der Waals surface area (Å²) in [5, 5.41) is 0. The van der Waals surface area contributed by atoms with E-state index in [4.69, 9.17) is 14.2 Å². The standard InChI is InChI=1S/C10H20O4/c1-4-9(11)7-12-8-10(13-5-2)14-6-3/h10H,4-8H2,1-3H3. The van der Waals surface area contributed by atoms with Crippen LogP contribution < -0.4 is 0 Å². The molecule has 0 heterocycles. The van der Waals surface area contributed by atoms with Gasteiger partial charge in [-0.1, -0.05) is 6.92 Å². The minimum absolute atomic E-state index is 0.0942. The third kappa shape index (κ3) is 7.00. The molecule has 4 heteroatoms. The van der Waals surface area contributed by atoms with Crippen LogP contribution in [0, 0.1) is 0 Å². The molecule has 0 aromatic rings. The van der Waals surface area contributed by atoms with Crippen molar-refractivity contribution in [1.82, 2.24) is 0 Å². The van der Waals surface area contributed by atoms with Crippen LogP contribution in [0.4, 0.5) is 0 Å². The molecule has 0 radical (unpaired) electrons. The Morgan fingerprint density at radius 1 is 1.14 bits per heavy atom. The van der Waals surface area contributed by atoms with E-state index in [0.29, 0.717) is 26.2 Å². The highest BCUT2D eigenvalue weighted by molar-refractivity contribution is 5.79. The molecule has 0 aliphatic rings. The van der Waals surface area contributed by atoms with Crippen molar-refractivity contribution in [3.8, 4) is 0 Å². The fourth-order valence-electron chi connectivity index (χ4n) is 0.887. The SMILES string of the molecule is CCOC(COCC(=O)CC)OCC. The van der Waals surface area contributed by atoms with Crippen molar-refractivity contribution in [1.29, 1.82) is 0 Å². The maximum absolute atomic E-state index is 10.9. The molecule has 0 atom stereocenters. The fourth-order valence-corrected chi connectivity index (χ4v) is 0.887. The first-order valence-electron chi connectivity index (χ1n) is 5.07. The molecule has 0 rings (SSSR count). The minimum Gasteiger partial charge on any atom is -0.368 e. The lowest BCUT2D eigenvalue weighted by Gasteiger charge is -2.16. The first kappa shape index (κ1) is 13.5. The van der Waals surface area contributed by atoms with Gasteiger partial charge in [-0.05, 0) is 13.8 Å². The molecule has 14 heavy (non-hydrogen) atoms. The van der Waals surface area contributed by atoms with Gasteiger partial charge in [-0.25, -0.2) is 0 Å². The molecule has 0 bridgehead atoms. The van der Waals surface area contributed by atoms with Gasteiger partial charge in [0.15, 0.2) is 12.1 Å². The second kappa shape index (κ2) is 9.12. The van der Waals surface area contributed by atoms with Crippen molar-refractivity contribution in [2.75, 3.05) is 26.4 Å². The highest BCUT2D eigenvalue weighted by atomic mass is 16.7. The average Bonchev–Trinajstić information content (AvgIpc) is 2.18. The van der Waals surface area contributed by atoms with Gasteiger partial charge in [0.2, 0.25) is 0 Å². The predicted octanol–water partition coefficient (Wildman–Crippen LogP) is 1.38. The van der Waals surface area contributed by atoms with E-state index >= 15 is 0 Å². The number of ether oxygens (including phenoxy) is 3. The molecule has 84 valence electrons. The summed E-state index contributed by atoms with van der Waals surface area (Å²) in [4.78, 5) is 10.9. The quantitative estimate of drug-likeness (QED) is 0.532. The van der Waals surface area contributed by atoms with Crippen molar-refractivity contribution < 1.29 is 19.0 Å². The summed E-state index contributed by atoms with van der Waals surface area (Å²) >= 11 is 0. The van der Waals surface area contributed by atoms with Crippen LogP contribution in [0.15, 0.2) is 0 Å². The van der Waals surface area contributed by atoms with E-state index in [1.807, 2.05) is 20.8 Å². The zero-order valence-corrected chi connectivity index (χ0v) is 9.25. The lowest BCUT2D eigenvalue weighted by Crippen LogP contribution is -2.25. The molecule has 0 saturated heterocycles. The Labute approximate surface area is 85.5 Å². The normalized spacial score (nSPS) is 10.9. The van der Waals surface area contributed by atoms with Crippen LogP contribution in [0.2, 0.25) is 0 Å². The smallest absolute Gasteiger partial charge is 0.180 e. The van der Waals surface area contributed by atoms with Crippen LogP contribution in [0.1, 0.15) is 27.2 Å². The van der Waals surface area contributed by atoms with Crippen LogP contribution in [-0.4, -0.2) is 38.5 Å². The van der Waals surface area contributed by atoms with Gasteiger partial charge in [0.05, 0.1) is 6.61 Å². The maximum atomic E-state index is 10.9. The molecule has 0 aromatic carbocycles. The number of hydrogen-bond donors (Lipinski definition) is 0. The minimum atomic E-state index is -0.352. The summed E-state index contributed by atoms with van der Waals surface area (Å²) in [5.41, 5.74) is 0. The Morgan fingerprint density at radius 3 is 2.14 bits per heavy atom. The monoisotopic (exact) mass is 204 g/mol. The molecule has 0 fully saturated rings. The Morgan fingerprint density at radius 2 is 1.71 bits per heavy atom. The number of hydrogen-bond acceptors (Lipinski definition) is 4. The fraction of sp³-hybridized carbons (Fsp3) is 0.900. The Kier molecular flexibility index (Phi) is 8.83. The molecule has 0 saturated carbocycles. The van der Waals surface area contributed by atoms with Crippen molar-refractivity contribution in [3.63, 3.8) is 0 Å². The summed E-state index contributed by atoms with van der Waals surface area (Å²) in [5.74, 6) is 0.0942. The highest BCUT2D eigenvalue weighted by Gasteiger charge is 2.08. The van der Waals surface area contributed by atoms with Crippen LogP contribution in [0.3, 0.4) is 0 Å². The van der Waals surface area contributed by atoms with E-state index < -0.39 is 0 Å². The molecule has 0 aromatic heterocycles. The lowest BCUT2D eigenvalue weighted by atomic mass is 10.3. The number of carbonyl (C=O) groups excluding carboxylic acids is 1. The van der Waals surface area contributed by atoms with Crippen molar-refractivity contribution in [2.24, 2.45) is 0 Å². The average molecular weight is 204 g/mol. The van der Waals surface area contributed by atoms with Gasteiger partial charge in [0.1, 0.15) is 6.61 Å². The Hall–Kier alpha value is -0.450. The van der Waals surface area contributed by atoms with Gasteiger partial charge >= 0.3 is 0 Å². The van der Waals surface area contributed by atoms with E-state index in [0.717, 1.165) is 0 Å². The highest BCUT2D eigenvalue weighted by Crippen LogP contribution is 1.96. The van der Waals surface area contributed by atoms with Gasteiger partial charge < -0.3 is 14.2 Å². The summed E-state index contributed by atoms with van der Waals surface area (Å²) in [6.45, 7) is 7.22. The van der Waals surface area contributed by atoms with Crippen LogP contribution in [-0.2, 0) is 19.0 Å². The molecule has 0 N–H and O–H groups in total. The second-order valence-corrected chi connectivity index (χ2v) is 2.75. The summed E-state index contributed by atoms with van der Waals surface area (Å²) in [6, 6.07) is 0. The summed E-state index contributed by atoms with van der Waals surface area (Å²) in [6.07, 6.45) is 0.156. The van der Waals surface area contributed by atoms with E-state index in [-0.39, 0.29) is 18.7 Å². The summed E-state index contributed by atoms with van der Waals surface area (Å²) < 4.78 is 15.6. The molecular weight excluding hydrogens is 184 g/mol. The van der Waals surface area contributed by atoms with E-state index in [9.17, 15) is 4.79 Å². The van der Waals surface area contributed by atoms with Crippen LogP contribution in [0.25, 0.3) is 0 Å². The third-order valence-electron chi connectivity index (χ3n) is 1.62. The Balaban J connectivity index is 3.54. The molecule has 0 aliphatic carbocycles. The summed E-state index contributed by atoms with van der Waals surface area (Å²) in [7, 11) is 0. The van der Waals surface area contributed by atoms with Crippen LogP contribution in [0.5, 0.6) is 0 Å². The lowest BCUT2D eigenvalue weighted by molar-refractivity contribution is -0.169. The van der Waals surface area contributed by atoms with E-state index in [1.54, 1.807) is 0 Å². The van der Waals surface area contributed by atoms with Crippen LogP contribution >= 0.6 is 0 Å². The zero-order chi connectivity index (χ0) is 10.8. The van der Waals surface area contributed by atoms with Gasteiger partial charge in [-0.2, -0.15) is 0 Å². The van der Waals surface area contributed by atoms with Crippen molar-refractivity contribution >= 4 is 5.78 Å². The second-order valence-electron chi connectivity index (χ2n) is 2.75.